The fourth-order valence-electron chi connectivity index (χ4n) is 2.74. The van der Waals surface area contributed by atoms with Gasteiger partial charge in [0.2, 0.25) is 0 Å². The Balaban J connectivity index is 2.11. The molecule has 2 rings (SSSR count). The van der Waals surface area contributed by atoms with Gasteiger partial charge in [-0.3, -0.25) is 4.90 Å². The van der Waals surface area contributed by atoms with Crippen molar-refractivity contribution in [3.63, 3.8) is 0 Å². The molecule has 20 heavy (non-hydrogen) atoms. The minimum absolute atomic E-state index is 0.0959. The number of benzene rings is 1. The lowest BCUT2D eigenvalue weighted by molar-refractivity contribution is 0.00987. The first-order valence-electron chi connectivity index (χ1n) is 6.84. The first-order valence-corrected chi connectivity index (χ1v) is 6.84. The lowest BCUT2D eigenvalue weighted by Gasteiger charge is -2.38. The summed E-state index contributed by atoms with van der Waals surface area (Å²) in [5.74, 6) is -0.417. The Hall–Kier alpha value is -1.48. The van der Waals surface area contributed by atoms with Crippen molar-refractivity contribution in [1.82, 2.24) is 4.90 Å². The van der Waals surface area contributed by atoms with Crippen molar-refractivity contribution in [2.45, 2.75) is 31.5 Å². The van der Waals surface area contributed by atoms with Gasteiger partial charge in [-0.05, 0) is 18.9 Å². The van der Waals surface area contributed by atoms with Gasteiger partial charge in [-0.25, -0.2) is 4.39 Å². The summed E-state index contributed by atoms with van der Waals surface area (Å²) < 4.78 is 19.5. The van der Waals surface area contributed by atoms with Gasteiger partial charge < -0.3 is 10.5 Å². The molecule has 0 amide bonds. The third-order valence-electron chi connectivity index (χ3n) is 3.97. The van der Waals surface area contributed by atoms with Gasteiger partial charge in [0.05, 0.1) is 11.7 Å². The number of nitrogens with zero attached hydrogens (tertiary/aromatic N) is 2. The van der Waals surface area contributed by atoms with Gasteiger partial charge in [-0.2, -0.15) is 5.26 Å². The number of halogens is 1. The molecule has 0 radical (unpaired) electrons. The number of hydrogen-bond acceptors (Lipinski definition) is 4. The van der Waals surface area contributed by atoms with Crippen LogP contribution in [0.15, 0.2) is 18.2 Å². The van der Waals surface area contributed by atoms with Gasteiger partial charge in [-0.1, -0.05) is 12.1 Å². The molecule has 5 heteroatoms. The molecule has 1 aromatic rings. The molecule has 1 aromatic carbocycles. The second kappa shape index (κ2) is 6.80. The number of ether oxygens (including phenoxy) is 1. The van der Waals surface area contributed by atoms with Gasteiger partial charge in [0.15, 0.2) is 0 Å². The maximum Gasteiger partial charge on any atom is 0.145 e. The number of piperidine rings is 1. The molecule has 4 nitrogen and oxygen atoms in total. The minimum Gasteiger partial charge on any atom is -0.381 e. The van der Waals surface area contributed by atoms with E-state index in [1.165, 1.54) is 6.07 Å². The predicted octanol–water partition coefficient (Wildman–Crippen LogP) is 1.64. The Morgan fingerprint density at radius 3 is 3.00 bits per heavy atom. The van der Waals surface area contributed by atoms with Gasteiger partial charge in [0.25, 0.3) is 0 Å². The van der Waals surface area contributed by atoms with Crippen LogP contribution in [-0.4, -0.2) is 37.2 Å². The fraction of sp³-hybridized carbons (Fsp3) is 0.533. The zero-order valence-electron chi connectivity index (χ0n) is 11.7. The second-order valence-electron chi connectivity index (χ2n) is 5.13. The average molecular weight is 277 g/mol. The van der Waals surface area contributed by atoms with Gasteiger partial charge >= 0.3 is 0 Å². The Morgan fingerprint density at radius 2 is 2.35 bits per heavy atom. The monoisotopic (exact) mass is 277 g/mol. The summed E-state index contributed by atoms with van der Waals surface area (Å²) in [5.41, 5.74) is 6.46. The molecule has 1 aliphatic rings. The molecule has 2 unspecified atom stereocenters. The van der Waals surface area contributed by atoms with E-state index in [-0.39, 0.29) is 17.7 Å². The van der Waals surface area contributed by atoms with Crippen molar-refractivity contribution in [3.05, 3.63) is 35.1 Å². The highest BCUT2D eigenvalue weighted by Gasteiger charge is 2.28. The molecule has 1 saturated heterocycles. The van der Waals surface area contributed by atoms with E-state index in [9.17, 15) is 4.39 Å². The summed E-state index contributed by atoms with van der Waals surface area (Å²) in [5, 5.41) is 8.87. The minimum atomic E-state index is -0.417. The van der Waals surface area contributed by atoms with Crippen molar-refractivity contribution in [1.29, 1.82) is 5.26 Å². The molecule has 0 aromatic heterocycles. The molecule has 2 N–H and O–H groups in total. The number of hydrogen-bond donors (Lipinski definition) is 1. The molecular weight excluding hydrogens is 257 g/mol. The third kappa shape index (κ3) is 3.15. The van der Waals surface area contributed by atoms with Crippen LogP contribution in [0.1, 0.15) is 24.0 Å². The summed E-state index contributed by atoms with van der Waals surface area (Å²) in [6.07, 6.45) is 2.02. The van der Waals surface area contributed by atoms with Crippen LogP contribution in [0.3, 0.4) is 0 Å². The molecule has 1 fully saturated rings. The summed E-state index contributed by atoms with van der Waals surface area (Å²) in [4.78, 5) is 2.18. The van der Waals surface area contributed by atoms with E-state index >= 15 is 0 Å². The zero-order chi connectivity index (χ0) is 14.5. The molecular formula is C15H20FN3O. The maximum absolute atomic E-state index is 14.1. The van der Waals surface area contributed by atoms with Crippen LogP contribution in [0.4, 0.5) is 4.39 Å². The normalized spacial score (nSPS) is 23.5. The number of methoxy groups -OCH3 is 1. The Labute approximate surface area is 118 Å². The van der Waals surface area contributed by atoms with Crippen LogP contribution in [0, 0.1) is 17.1 Å². The van der Waals surface area contributed by atoms with Crippen molar-refractivity contribution in [2.24, 2.45) is 5.73 Å². The molecule has 108 valence electrons. The van der Waals surface area contributed by atoms with Gasteiger partial charge in [0.1, 0.15) is 11.9 Å². The second-order valence-corrected chi connectivity index (χ2v) is 5.13. The molecule has 2 atom stereocenters. The largest absolute Gasteiger partial charge is 0.381 e. The van der Waals surface area contributed by atoms with E-state index in [1.54, 1.807) is 19.2 Å². The van der Waals surface area contributed by atoms with E-state index in [2.05, 4.69) is 4.90 Å². The van der Waals surface area contributed by atoms with Crippen molar-refractivity contribution in [2.75, 3.05) is 20.2 Å². The summed E-state index contributed by atoms with van der Waals surface area (Å²) in [6.45, 7) is 1.84. The van der Waals surface area contributed by atoms with Crippen molar-refractivity contribution >= 4 is 0 Å². The van der Waals surface area contributed by atoms with Crippen LogP contribution in [0.2, 0.25) is 0 Å². The number of nitrogens with two attached hydrogens (primary N) is 1. The van der Waals surface area contributed by atoms with E-state index in [1.807, 2.05) is 6.07 Å². The highest BCUT2D eigenvalue weighted by molar-refractivity contribution is 5.34. The Bertz CT molecular complexity index is 500. The smallest absolute Gasteiger partial charge is 0.145 e. The summed E-state index contributed by atoms with van der Waals surface area (Å²) in [6, 6.07) is 7.01. The highest BCUT2D eigenvalue weighted by Crippen LogP contribution is 2.23. The maximum atomic E-state index is 14.1. The van der Waals surface area contributed by atoms with Crippen LogP contribution >= 0.6 is 0 Å². The molecule has 0 aliphatic carbocycles. The van der Waals surface area contributed by atoms with Gasteiger partial charge in [-0.15, -0.1) is 0 Å². The van der Waals surface area contributed by atoms with Crippen molar-refractivity contribution < 1.29 is 9.13 Å². The molecule has 1 heterocycles. The number of likely N-dealkylation sites (tertiary alicyclic amines) is 1. The molecule has 0 bridgehead atoms. The van der Waals surface area contributed by atoms with Crippen LogP contribution in [0.25, 0.3) is 0 Å². The van der Waals surface area contributed by atoms with Crippen LogP contribution in [-0.2, 0) is 11.3 Å². The SMILES string of the molecule is COC1CCN(Cc2cccc(C#N)c2F)C(CN)C1. The molecule has 1 aliphatic heterocycles. The predicted molar refractivity (Wildman–Crippen MR) is 74.4 cm³/mol. The molecule has 0 spiro atoms. The first kappa shape index (κ1) is 14.9. The fourth-order valence-corrected chi connectivity index (χ4v) is 2.74. The zero-order valence-corrected chi connectivity index (χ0v) is 11.7. The first-order chi connectivity index (χ1) is 9.69. The quantitative estimate of drug-likeness (QED) is 0.908. The van der Waals surface area contributed by atoms with E-state index in [0.717, 1.165) is 19.4 Å². The van der Waals surface area contributed by atoms with E-state index < -0.39 is 5.82 Å². The summed E-state index contributed by atoms with van der Waals surface area (Å²) >= 11 is 0. The number of nitriles is 1. The molecule has 0 saturated carbocycles. The topological polar surface area (TPSA) is 62.3 Å². The standard InChI is InChI=1S/C15H20FN3O/c1-20-14-5-6-19(13(7-14)9-18)10-12-4-2-3-11(8-17)15(12)16/h2-4,13-14H,5-7,9-10,18H2,1H3. The lowest BCUT2D eigenvalue weighted by atomic mass is 9.98. The van der Waals surface area contributed by atoms with Gasteiger partial charge in [0, 0.05) is 38.3 Å². The van der Waals surface area contributed by atoms with Crippen LogP contribution < -0.4 is 5.73 Å². The van der Waals surface area contributed by atoms with Crippen molar-refractivity contribution in [3.8, 4) is 6.07 Å². The third-order valence-corrected chi connectivity index (χ3v) is 3.97. The lowest BCUT2D eigenvalue weighted by Crippen LogP contribution is -2.48. The highest BCUT2D eigenvalue weighted by atomic mass is 19.1. The Kier molecular flexibility index (Phi) is 5.07. The Morgan fingerprint density at radius 1 is 1.55 bits per heavy atom. The van der Waals surface area contributed by atoms with E-state index in [0.29, 0.717) is 18.7 Å². The average Bonchev–Trinajstić information content (AvgIpc) is 2.49. The van der Waals surface area contributed by atoms with E-state index in [4.69, 9.17) is 15.7 Å². The number of rotatable bonds is 4. The summed E-state index contributed by atoms with van der Waals surface area (Å²) in [7, 11) is 1.71. The van der Waals surface area contributed by atoms with Crippen LogP contribution in [0.5, 0.6) is 0 Å².